The SMILES string of the molecule is Cc1cc(C)c2c(c1)C[C@@H](C)C2=O. The van der Waals surface area contributed by atoms with Crippen LogP contribution in [0.25, 0.3) is 0 Å². The molecule has 0 bridgehead atoms. The largest absolute Gasteiger partial charge is 0.294 e. The summed E-state index contributed by atoms with van der Waals surface area (Å²) in [6.45, 7) is 6.12. The van der Waals surface area contributed by atoms with Crippen molar-refractivity contribution >= 4 is 5.78 Å². The molecule has 0 heterocycles. The van der Waals surface area contributed by atoms with Gasteiger partial charge in [0.25, 0.3) is 0 Å². The lowest BCUT2D eigenvalue weighted by atomic mass is 10.0. The summed E-state index contributed by atoms with van der Waals surface area (Å²) in [6, 6.07) is 4.23. The fourth-order valence-corrected chi connectivity index (χ4v) is 2.24. The summed E-state index contributed by atoms with van der Waals surface area (Å²) in [5.74, 6) is 0.517. The van der Waals surface area contributed by atoms with Gasteiger partial charge in [-0.2, -0.15) is 0 Å². The van der Waals surface area contributed by atoms with Crippen LogP contribution in [0.15, 0.2) is 12.1 Å². The molecule has 1 nitrogen and oxygen atoms in total. The van der Waals surface area contributed by atoms with E-state index in [4.69, 9.17) is 0 Å². The van der Waals surface area contributed by atoms with Gasteiger partial charge < -0.3 is 0 Å². The van der Waals surface area contributed by atoms with Crippen LogP contribution in [-0.2, 0) is 6.42 Å². The van der Waals surface area contributed by atoms with Crippen LogP contribution in [0.3, 0.4) is 0 Å². The van der Waals surface area contributed by atoms with Gasteiger partial charge in [-0.15, -0.1) is 0 Å². The van der Waals surface area contributed by atoms with Crippen LogP contribution in [-0.4, -0.2) is 5.78 Å². The summed E-state index contributed by atoms with van der Waals surface area (Å²) in [5.41, 5.74) is 4.63. The second kappa shape index (κ2) is 2.69. The van der Waals surface area contributed by atoms with E-state index in [2.05, 4.69) is 19.1 Å². The third-order valence-corrected chi connectivity index (χ3v) is 2.78. The van der Waals surface area contributed by atoms with Crippen LogP contribution in [0.5, 0.6) is 0 Å². The minimum atomic E-state index is 0.190. The lowest BCUT2D eigenvalue weighted by Crippen LogP contribution is -2.04. The molecule has 0 fully saturated rings. The molecule has 1 aromatic rings. The average molecular weight is 174 g/mol. The zero-order valence-electron chi connectivity index (χ0n) is 8.35. The van der Waals surface area contributed by atoms with Crippen LogP contribution in [0.4, 0.5) is 0 Å². The molecule has 0 saturated carbocycles. The van der Waals surface area contributed by atoms with Crippen LogP contribution in [0, 0.1) is 19.8 Å². The van der Waals surface area contributed by atoms with E-state index in [1.807, 2.05) is 13.8 Å². The lowest BCUT2D eigenvalue weighted by molar-refractivity contribution is 0.0946. The van der Waals surface area contributed by atoms with Crippen molar-refractivity contribution in [2.45, 2.75) is 27.2 Å². The molecule has 0 N–H and O–H groups in total. The molecule has 0 unspecified atom stereocenters. The zero-order valence-corrected chi connectivity index (χ0v) is 8.35. The Morgan fingerprint density at radius 3 is 2.69 bits per heavy atom. The highest BCUT2D eigenvalue weighted by atomic mass is 16.1. The Kier molecular flexibility index (Phi) is 1.76. The monoisotopic (exact) mass is 174 g/mol. The van der Waals surface area contributed by atoms with Gasteiger partial charge in [-0.05, 0) is 31.4 Å². The van der Waals surface area contributed by atoms with Crippen molar-refractivity contribution in [3.63, 3.8) is 0 Å². The van der Waals surface area contributed by atoms with E-state index in [0.29, 0.717) is 5.78 Å². The van der Waals surface area contributed by atoms with Crippen molar-refractivity contribution < 1.29 is 4.79 Å². The van der Waals surface area contributed by atoms with Crippen LogP contribution >= 0.6 is 0 Å². The summed E-state index contributed by atoms with van der Waals surface area (Å²) >= 11 is 0. The number of Topliss-reactive ketones (excluding diaryl/α,β-unsaturated/α-hetero) is 1. The van der Waals surface area contributed by atoms with E-state index >= 15 is 0 Å². The molecule has 0 aliphatic heterocycles. The quantitative estimate of drug-likeness (QED) is 0.591. The second-order valence-corrected chi connectivity index (χ2v) is 4.09. The number of hydrogen-bond donors (Lipinski definition) is 0. The Labute approximate surface area is 78.8 Å². The third-order valence-electron chi connectivity index (χ3n) is 2.78. The Morgan fingerprint density at radius 1 is 1.31 bits per heavy atom. The fraction of sp³-hybridized carbons (Fsp3) is 0.417. The van der Waals surface area contributed by atoms with E-state index < -0.39 is 0 Å². The van der Waals surface area contributed by atoms with E-state index in [1.54, 1.807) is 0 Å². The molecule has 0 amide bonds. The molecule has 0 aromatic heterocycles. The van der Waals surface area contributed by atoms with Crippen molar-refractivity contribution in [2.75, 3.05) is 0 Å². The average Bonchev–Trinajstić information content (AvgIpc) is 2.27. The van der Waals surface area contributed by atoms with Gasteiger partial charge in [0.1, 0.15) is 0 Å². The Hall–Kier alpha value is -1.11. The maximum atomic E-state index is 11.7. The molecular weight excluding hydrogens is 160 g/mol. The number of hydrogen-bond acceptors (Lipinski definition) is 1. The first kappa shape index (κ1) is 8.49. The topological polar surface area (TPSA) is 17.1 Å². The number of aryl methyl sites for hydroxylation is 2. The van der Waals surface area contributed by atoms with Crippen molar-refractivity contribution in [3.8, 4) is 0 Å². The van der Waals surface area contributed by atoms with Gasteiger partial charge in [0.2, 0.25) is 0 Å². The molecule has 0 spiro atoms. The molecule has 1 heteroatoms. The first-order chi connectivity index (χ1) is 6.09. The van der Waals surface area contributed by atoms with Gasteiger partial charge in [0, 0.05) is 11.5 Å². The van der Waals surface area contributed by atoms with E-state index in [1.165, 1.54) is 11.1 Å². The maximum absolute atomic E-state index is 11.7. The Morgan fingerprint density at radius 2 is 2.00 bits per heavy atom. The smallest absolute Gasteiger partial charge is 0.166 e. The maximum Gasteiger partial charge on any atom is 0.166 e. The van der Waals surface area contributed by atoms with Crippen molar-refractivity contribution in [2.24, 2.45) is 5.92 Å². The number of carbonyl (C=O) groups excluding carboxylic acids is 1. The van der Waals surface area contributed by atoms with Crippen molar-refractivity contribution in [3.05, 3.63) is 34.4 Å². The summed E-state index contributed by atoms with van der Waals surface area (Å²) in [5, 5.41) is 0. The molecule has 1 atom stereocenters. The van der Waals surface area contributed by atoms with Gasteiger partial charge in [0.05, 0.1) is 0 Å². The minimum absolute atomic E-state index is 0.190. The molecule has 2 rings (SSSR count). The molecule has 0 saturated heterocycles. The minimum Gasteiger partial charge on any atom is -0.294 e. The predicted octanol–water partition coefficient (Wildman–Crippen LogP) is 2.68. The first-order valence-corrected chi connectivity index (χ1v) is 4.74. The second-order valence-electron chi connectivity index (χ2n) is 4.09. The molecule has 68 valence electrons. The van der Waals surface area contributed by atoms with Crippen LogP contribution < -0.4 is 0 Å². The highest BCUT2D eigenvalue weighted by Gasteiger charge is 2.28. The predicted molar refractivity (Wildman–Crippen MR) is 53.1 cm³/mol. The number of fused-ring (bicyclic) bond motifs is 1. The molecule has 1 aliphatic rings. The van der Waals surface area contributed by atoms with Gasteiger partial charge in [-0.1, -0.05) is 24.6 Å². The van der Waals surface area contributed by atoms with E-state index in [9.17, 15) is 4.79 Å². The summed E-state index contributed by atoms with van der Waals surface area (Å²) in [6.07, 6.45) is 0.927. The Balaban J connectivity index is 2.64. The number of rotatable bonds is 0. The highest BCUT2D eigenvalue weighted by molar-refractivity contribution is 6.03. The molecule has 1 aliphatic carbocycles. The molecule has 13 heavy (non-hydrogen) atoms. The Bertz CT molecular complexity index is 377. The zero-order chi connectivity index (χ0) is 9.59. The van der Waals surface area contributed by atoms with Crippen LogP contribution in [0.1, 0.15) is 34.0 Å². The molecule has 1 aromatic carbocycles. The van der Waals surface area contributed by atoms with E-state index in [-0.39, 0.29) is 5.92 Å². The fourth-order valence-electron chi connectivity index (χ4n) is 2.24. The van der Waals surface area contributed by atoms with E-state index in [0.717, 1.165) is 17.5 Å². The molecular formula is C12H14O. The third kappa shape index (κ3) is 1.19. The first-order valence-electron chi connectivity index (χ1n) is 4.74. The highest BCUT2D eigenvalue weighted by Crippen LogP contribution is 2.29. The molecule has 0 radical (unpaired) electrons. The standard InChI is InChI=1S/C12H14O/c1-7-4-8(2)11-10(5-7)6-9(3)12(11)13/h4-5,9H,6H2,1-3H3/t9-/m1/s1. The van der Waals surface area contributed by atoms with Gasteiger partial charge in [-0.3, -0.25) is 4.79 Å². The van der Waals surface area contributed by atoms with Crippen molar-refractivity contribution in [1.29, 1.82) is 0 Å². The van der Waals surface area contributed by atoms with Crippen LogP contribution in [0.2, 0.25) is 0 Å². The summed E-state index contributed by atoms with van der Waals surface area (Å²) in [4.78, 5) is 11.7. The number of benzene rings is 1. The van der Waals surface area contributed by atoms with Gasteiger partial charge in [-0.25, -0.2) is 0 Å². The number of carbonyl (C=O) groups is 1. The lowest BCUT2D eigenvalue weighted by Gasteiger charge is -2.03. The van der Waals surface area contributed by atoms with Gasteiger partial charge in [0.15, 0.2) is 5.78 Å². The normalized spacial score (nSPS) is 20.5. The summed E-state index contributed by atoms with van der Waals surface area (Å²) < 4.78 is 0. The summed E-state index contributed by atoms with van der Waals surface area (Å²) in [7, 11) is 0. The van der Waals surface area contributed by atoms with Gasteiger partial charge >= 0.3 is 0 Å². The number of ketones is 1. The van der Waals surface area contributed by atoms with Crippen molar-refractivity contribution in [1.82, 2.24) is 0 Å².